The van der Waals surface area contributed by atoms with Gasteiger partial charge in [-0.3, -0.25) is 9.05 Å². The maximum atomic E-state index is 13.3. The van der Waals surface area contributed by atoms with Gasteiger partial charge in [-0.2, -0.15) is 0 Å². The summed E-state index contributed by atoms with van der Waals surface area (Å²) < 4.78 is 30.6. The fraction of sp³-hybridized carbons (Fsp3) is 0.727. The van der Waals surface area contributed by atoms with E-state index >= 15 is 0 Å². The van der Waals surface area contributed by atoms with Gasteiger partial charge in [0.2, 0.25) is 0 Å². The third kappa shape index (κ3) is 12.8. The topological polar surface area (TPSA) is 44.8 Å². The van der Waals surface area contributed by atoms with Crippen LogP contribution in [0.3, 0.4) is 0 Å². The van der Waals surface area contributed by atoms with Gasteiger partial charge in [-0.1, -0.05) is 84.4 Å². The average molecular weight is 532 g/mol. The molecule has 0 bridgehead atoms. The molecule has 0 amide bonds. The van der Waals surface area contributed by atoms with Crippen LogP contribution in [-0.4, -0.2) is 82.1 Å². The fourth-order valence-electron chi connectivity index (χ4n) is 2.89. The number of hydrogen-bond donors (Lipinski definition) is 0. The third-order valence-electron chi connectivity index (χ3n) is 4.98. The van der Waals surface area contributed by atoms with Gasteiger partial charge in [0.1, 0.15) is 5.75 Å². The summed E-state index contributed by atoms with van der Waals surface area (Å²) in [6, 6.07) is 9.16. The molecular weight excluding hydrogens is 492 g/mol. The Morgan fingerprint density at radius 1 is 0.821 bits per heavy atom. The monoisotopic (exact) mass is 532 g/mol. The first-order valence-electron chi connectivity index (χ1n) is 10.7. The third-order valence-corrected chi connectivity index (χ3v) is 6.35. The molecule has 0 aromatic heterocycles. The number of rotatable bonds is 16. The van der Waals surface area contributed by atoms with E-state index in [2.05, 4.69) is 27.7 Å². The Morgan fingerprint density at radius 2 is 1.29 bits per heavy atom. The Bertz CT molecular complexity index is 503. The zero-order valence-corrected chi connectivity index (χ0v) is 18.6. The summed E-state index contributed by atoms with van der Waals surface area (Å²) in [7, 11) is -3.64. The molecule has 0 aliphatic heterocycles. The van der Waals surface area contributed by atoms with E-state index in [1.807, 2.05) is 18.2 Å². The number of phosphoric ester groups is 1. The molecule has 0 saturated carbocycles. The number of para-hydroxylation sites is 1. The van der Waals surface area contributed by atoms with Gasteiger partial charge in [-0.15, -0.1) is 0 Å². The quantitative estimate of drug-likeness (QED) is 0.215. The molecule has 1 aromatic carbocycles. The van der Waals surface area contributed by atoms with Gasteiger partial charge in [0.25, 0.3) is 0 Å². The molecule has 0 saturated heterocycles. The van der Waals surface area contributed by atoms with Gasteiger partial charge >= 0.3 is 76.7 Å². The first-order chi connectivity index (χ1) is 13.1. The summed E-state index contributed by atoms with van der Waals surface area (Å²) in [6.07, 6.45) is 8.77. The first-order valence-corrected chi connectivity index (χ1v) is 12.2. The molecule has 0 aliphatic rings. The molecule has 2 atom stereocenters. The van der Waals surface area contributed by atoms with Gasteiger partial charge in [-0.05, 0) is 36.8 Å². The van der Waals surface area contributed by atoms with E-state index in [1.165, 1.54) is 0 Å². The second-order valence-corrected chi connectivity index (χ2v) is 8.87. The minimum absolute atomic E-state index is 0. The van der Waals surface area contributed by atoms with Crippen molar-refractivity contribution in [2.24, 2.45) is 11.8 Å². The molecule has 0 N–H and O–H groups in total. The van der Waals surface area contributed by atoms with Crippen LogP contribution in [0.5, 0.6) is 5.75 Å². The predicted octanol–water partition coefficient (Wildman–Crippen LogP) is 6.99. The SMILES string of the molecule is CCCCC(CC)COP(=O)(OCC(CC)CCCC)Oc1ccccc1.[CsH]. The predicted molar refractivity (Wildman–Crippen MR) is 120 cm³/mol. The first kappa shape index (κ1) is 29.2. The van der Waals surface area contributed by atoms with E-state index in [4.69, 9.17) is 13.6 Å². The summed E-state index contributed by atoms with van der Waals surface area (Å²) in [6.45, 7) is 9.47. The maximum absolute atomic E-state index is 13.3. The second kappa shape index (κ2) is 17.9. The standard InChI is InChI=1S/C22H39O4P.Cs.H/c1-5-9-14-20(7-3)18-24-27(23,26-22-16-12-11-13-17-22)25-19-21(8-4)15-10-6-2;;/h11-13,16-17,20-21H,5-10,14-15,18-19H2,1-4H3;;. The van der Waals surface area contributed by atoms with Crippen molar-refractivity contribution < 1.29 is 18.1 Å². The number of hydrogen-bond acceptors (Lipinski definition) is 4. The Balaban J connectivity index is 0.00000729. The van der Waals surface area contributed by atoms with E-state index in [9.17, 15) is 4.57 Å². The van der Waals surface area contributed by atoms with E-state index in [1.54, 1.807) is 12.1 Å². The molecule has 0 radical (unpaired) electrons. The number of unbranched alkanes of at least 4 members (excludes halogenated alkanes) is 2. The molecule has 0 aliphatic carbocycles. The molecule has 4 nitrogen and oxygen atoms in total. The van der Waals surface area contributed by atoms with Gasteiger partial charge < -0.3 is 4.52 Å². The minimum atomic E-state index is -3.64. The summed E-state index contributed by atoms with van der Waals surface area (Å²) in [5.74, 6) is 1.27. The Labute approximate surface area is 231 Å². The van der Waals surface area contributed by atoms with Gasteiger partial charge in [0.05, 0.1) is 13.2 Å². The Hall–Kier alpha value is 1.22. The molecule has 6 heteroatoms. The van der Waals surface area contributed by atoms with Crippen LogP contribution in [0.4, 0.5) is 0 Å². The van der Waals surface area contributed by atoms with Crippen LogP contribution in [0.1, 0.15) is 79.1 Å². The average Bonchev–Trinajstić information content (AvgIpc) is 2.69. The van der Waals surface area contributed by atoms with Crippen LogP contribution in [0, 0.1) is 11.8 Å². The van der Waals surface area contributed by atoms with Crippen LogP contribution in [0.25, 0.3) is 0 Å². The van der Waals surface area contributed by atoms with Crippen molar-refractivity contribution in [2.45, 2.75) is 79.1 Å². The molecule has 2 unspecified atom stereocenters. The van der Waals surface area contributed by atoms with Crippen LogP contribution >= 0.6 is 7.82 Å². The van der Waals surface area contributed by atoms with Gasteiger partial charge in [-0.25, -0.2) is 4.57 Å². The normalized spacial score (nSPS) is 15.3. The van der Waals surface area contributed by atoms with Crippen LogP contribution < -0.4 is 4.52 Å². The fourth-order valence-corrected chi connectivity index (χ4v) is 4.24. The summed E-state index contributed by atoms with van der Waals surface area (Å²) in [5, 5.41) is 0. The van der Waals surface area contributed by atoms with E-state index in [0.717, 1.165) is 51.4 Å². The molecule has 0 fully saturated rings. The van der Waals surface area contributed by atoms with E-state index < -0.39 is 7.82 Å². The van der Waals surface area contributed by atoms with Crippen molar-refractivity contribution >= 4 is 76.7 Å². The van der Waals surface area contributed by atoms with E-state index in [0.29, 0.717) is 30.8 Å². The van der Waals surface area contributed by atoms with Crippen LogP contribution in [0.15, 0.2) is 30.3 Å². The summed E-state index contributed by atoms with van der Waals surface area (Å²) in [5.41, 5.74) is 0. The van der Waals surface area contributed by atoms with Crippen molar-refractivity contribution in [2.75, 3.05) is 13.2 Å². The number of phosphoric acid groups is 1. The van der Waals surface area contributed by atoms with Crippen molar-refractivity contribution in [3.05, 3.63) is 30.3 Å². The Kier molecular flexibility index (Phi) is 18.6. The molecule has 1 rings (SSSR count). The summed E-state index contributed by atoms with van der Waals surface area (Å²) in [4.78, 5) is 0. The Morgan fingerprint density at radius 3 is 1.68 bits per heavy atom. The van der Waals surface area contributed by atoms with Crippen molar-refractivity contribution in [3.63, 3.8) is 0 Å². The molecule has 158 valence electrons. The number of benzene rings is 1. The zero-order chi connectivity index (χ0) is 20.0. The van der Waals surface area contributed by atoms with Crippen LogP contribution in [-0.2, 0) is 13.6 Å². The van der Waals surface area contributed by atoms with Gasteiger partial charge in [0.15, 0.2) is 0 Å². The van der Waals surface area contributed by atoms with Crippen LogP contribution in [0.2, 0.25) is 0 Å². The molecule has 1 aromatic rings. The zero-order valence-electron chi connectivity index (χ0n) is 17.7. The molecule has 0 spiro atoms. The molecule has 28 heavy (non-hydrogen) atoms. The molecule has 0 heterocycles. The second-order valence-electron chi connectivity index (χ2n) is 7.28. The van der Waals surface area contributed by atoms with Gasteiger partial charge in [0, 0.05) is 0 Å². The van der Waals surface area contributed by atoms with E-state index in [-0.39, 0.29) is 68.9 Å². The van der Waals surface area contributed by atoms with Crippen molar-refractivity contribution in [3.8, 4) is 5.75 Å². The molecular formula is C22H40CsO4P. The van der Waals surface area contributed by atoms with Crippen molar-refractivity contribution in [1.82, 2.24) is 0 Å². The summed E-state index contributed by atoms with van der Waals surface area (Å²) >= 11 is 0. The van der Waals surface area contributed by atoms with Crippen molar-refractivity contribution in [1.29, 1.82) is 0 Å².